The van der Waals surface area contributed by atoms with Crippen LogP contribution in [0.1, 0.15) is 58.8 Å². The Morgan fingerprint density at radius 2 is 2.07 bits per heavy atom. The van der Waals surface area contributed by atoms with Crippen molar-refractivity contribution in [2.75, 3.05) is 11.9 Å². The molecule has 30 heavy (non-hydrogen) atoms. The summed E-state index contributed by atoms with van der Waals surface area (Å²) in [5.41, 5.74) is 2.68. The largest absolute Gasteiger partial charge is 0.482 e. The fraction of sp³-hybridized carbons (Fsp3) is 0.522. The van der Waals surface area contributed by atoms with E-state index in [0.717, 1.165) is 41.7 Å². The lowest BCUT2D eigenvalue weighted by molar-refractivity contribution is -0.118. The zero-order chi connectivity index (χ0) is 20.9. The number of rotatable bonds is 6. The number of nitrogens with one attached hydrogen (secondary N) is 1. The van der Waals surface area contributed by atoms with Gasteiger partial charge in [0.25, 0.3) is 5.91 Å². The van der Waals surface area contributed by atoms with Crippen LogP contribution < -0.4 is 14.9 Å². The summed E-state index contributed by atoms with van der Waals surface area (Å²) in [5.74, 6) is 1.02. The standard InChI is InChI=1S/C23H30N4O2S/c1-3-16(4-2)13-24-27-20(15-30-23(27)25-18-8-6-5-7-9-18)17-10-11-21-19(12-17)26-22(28)14-29-21/h10-13,15-16,18H,3-9,14H2,1-2H3,(H,26,28). The molecule has 1 fully saturated rings. The first-order valence-electron chi connectivity index (χ1n) is 11.0. The average Bonchev–Trinajstić information content (AvgIpc) is 3.17. The molecule has 1 N–H and O–H groups in total. The Hall–Kier alpha value is -2.41. The van der Waals surface area contributed by atoms with Crippen LogP contribution in [0.15, 0.2) is 33.7 Å². The Morgan fingerprint density at radius 3 is 2.83 bits per heavy atom. The van der Waals surface area contributed by atoms with Crippen molar-refractivity contribution in [2.45, 2.75) is 64.8 Å². The summed E-state index contributed by atoms with van der Waals surface area (Å²) < 4.78 is 7.48. The number of aromatic nitrogens is 1. The van der Waals surface area contributed by atoms with E-state index in [2.05, 4.69) is 30.8 Å². The van der Waals surface area contributed by atoms with E-state index in [1.807, 2.05) is 22.9 Å². The van der Waals surface area contributed by atoms with Gasteiger partial charge in [-0.1, -0.05) is 33.1 Å². The molecule has 1 aliphatic heterocycles. The summed E-state index contributed by atoms with van der Waals surface area (Å²) in [5, 5.41) is 9.88. The predicted molar refractivity (Wildman–Crippen MR) is 122 cm³/mol. The van der Waals surface area contributed by atoms with Crippen molar-refractivity contribution in [3.63, 3.8) is 0 Å². The van der Waals surface area contributed by atoms with Crippen LogP contribution in [0.25, 0.3) is 11.3 Å². The second-order valence-corrected chi connectivity index (χ2v) is 8.86. The quantitative estimate of drug-likeness (QED) is 0.657. The molecule has 0 radical (unpaired) electrons. The number of hydrogen-bond acceptors (Lipinski definition) is 5. The van der Waals surface area contributed by atoms with E-state index in [-0.39, 0.29) is 12.5 Å². The third-order valence-corrected chi connectivity index (χ3v) is 6.73. The maximum Gasteiger partial charge on any atom is 0.262 e. The van der Waals surface area contributed by atoms with Gasteiger partial charge in [0, 0.05) is 17.2 Å². The molecule has 0 bridgehead atoms. The second-order valence-electron chi connectivity index (χ2n) is 8.03. The van der Waals surface area contributed by atoms with E-state index >= 15 is 0 Å². The highest BCUT2D eigenvalue weighted by Crippen LogP contribution is 2.33. The van der Waals surface area contributed by atoms with Crippen molar-refractivity contribution in [3.05, 3.63) is 28.4 Å². The van der Waals surface area contributed by atoms with E-state index in [0.29, 0.717) is 23.4 Å². The van der Waals surface area contributed by atoms with Gasteiger partial charge in [-0.3, -0.25) is 9.79 Å². The molecule has 1 aliphatic carbocycles. The Bertz CT molecular complexity index is 981. The molecule has 1 aromatic carbocycles. The van der Waals surface area contributed by atoms with Crippen LogP contribution in [-0.4, -0.2) is 29.4 Å². The molecule has 2 heterocycles. The maximum absolute atomic E-state index is 11.7. The zero-order valence-electron chi connectivity index (χ0n) is 17.8. The minimum Gasteiger partial charge on any atom is -0.482 e. The third-order valence-electron chi connectivity index (χ3n) is 5.90. The van der Waals surface area contributed by atoms with E-state index in [1.165, 1.54) is 19.3 Å². The highest BCUT2D eigenvalue weighted by Gasteiger charge is 2.18. The number of benzene rings is 1. The zero-order valence-corrected chi connectivity index (χ0v) is 18.6. The molecular formula is C23H30N4O2S. The summed E-state index contributed by atoms with van der Waals surface area (Å²) in [6.45, 7) is 4.45. The van der Waals surface area contributed by atoms with Crippen LogP contribution in [0.2, 0.25) is 0 Å². The monoisotopic (exact) mass is 426 g/mol. The summed E-state index contributed by atoms with van der Waals surface area (Å²) in [7, 11) is 0. The lowest BCUT2D eigenvalue weighted by Crippen LogP contribution is -2.25. The summed E-state index contributed by atoms with van der Waals surface area (Å²) in [6.07, 6.45) is 10.3. The molecule has 160 valence electrons. The number of amides is 1. The Kier molecular flexibility index (Phi) is 6.67. The van der Waals surface area contributed by atoms with Gasteiger partial charge in [-0.25, -0.2) is 4.68 Å². The molecule has 0 saturated heterocycles. The molecule has 2 aromatic rings. The maximum atomic E-state index is 11.7. The number of carbonyl (C=O) groups excluding carboxylic acids is 1. The average molecular weight is 427 g/mol. The number of nitrogens with zero attached hydrogens (tertiary/aromatic N) is 3. The van der Waals surface area contributed by atoms with Crippen molar-refractivity contribution in [2.24, 2.45) is 16.0 Å². The normalized spacial score (nSPS) is 18.0. The number of hydrogen-bond donors (Lipinski definition) is 1. The molecule has 0 atom stereocenters. The predicted octanol–water partition coefficient (Wildman–Crippen LogP) is 5.05. The van der Waals surface area contributed by atoms with Crippen molar-refractivity contribution in [1.82, 2.24) is 4.68 Å². The summed E-state index contributed by atoms with van der Waals surface area (Å²) in [4.78, 5) is 17.7. The van der Waals surface area contributed by atoms with Gasteiger partial charge in [0.2, 0.25) is 4.80 Å². The molecule has 7 heteroatoms. The highest BCUT2D eigenvalue weighted by molar-refractivity contribution is 7.07. The van der Waals surface area contributed by atoms with E-state index in [9.17, 15) is 4.79 Å². The van der Waals surface area contributed by atoms with Crippen LogP contribution in [-0.2, 0) is 4.79 Å². The first kappa shape index (κ1) is 20.8. The topological polar surface area (TPSA) is 68.0 Å². The van der Waals surface area contributed by atoms with E-state index < -0.39 is 0 Å². The first-order valence-corrected chi connectivity index (χ1v) is 11.9. The first-order chi connectivity index (χ1) is 14.7. The van der Waals surface area contributed by atoms with E-state index in [1.54, 1.807) is 11.3 Å². The van der Waals surface area contributed by atoms with Crippen LogP contribution in [0.5, 0.6) is 5.75 Å². The summed E-state index contributed by atoms with van der Waals surface area (Å²) >= 11 is 1.63. The van der Waals surface area contributed by atoms with Gasteiger partial charge in [-0.2, -0.15) is 5.10 Å². The lowest BCUT2D eigenvalue weighted by Gasteiger charge is -2.18. The molecular weight excluding hydrogens is 396 g/mol. The van der Waals surface area contributed by atoms with Crippen LogP contribution >= 0.6 is 11.3 Å². The van der Waals surface area contributed by atoms with Gasteiger partial charge in [0.05, 0.1) is 17.4 Å². The van der Waals surface area contributed by atoms with Crippen molar-refractivity contribution in [3.8, 4) is 17.0 Å². The van der Waals surface area contributed by atoms with Gasteiger partial charge in [-0.05, 0) is 49.8 Å². The Labute approximate surface area is 181 Å². The highest BCUT2D eigenvalue weighted by atomic mass is 32.1. The number of anilines is 1. The number of thiazole rings is 1. The minimum absolute atomic E-state index is 0.0644. The Balaban J connectivity index is 1.74. The minimum atomic E-state index is -0.127. The van der Waals surface area contributed by atoms with Crippen molar-refractivity contribution < 1.29 is 9.53 Å². The molecule has 0 unspecified atom stereocenters. The molecule has 1 amide bonds. The molecule has 4 rings (SSSR count). The molecule has 2 aliphatic rings. The number of fused-ring (bicyclic) bond motifs is 1. The molecule has 1 aromatic heterocycles. The van der Waals surface area contributed by atoms with Crippen LogP contribution in [0.4, 0.5) is 5.69 Å². The number of carbonyl (C=O) groups is 1. The van der Waals surface area contributed by atoms with Crippen LogP contribution in [0.3, 0.4) is 0 Å². The van der Waals surface area contributed by atoms with E-state index in [4.69, 9.17) is 14.8 Å². The van der Waals surface area contributed by atoms with Crippen LogP contribution in [0, 0.1) is 5.92 Å². The summed E-state index contributed by atoms with van der Waals surface area (Å²) in [6, 6.07) is 6.28. The SMILES string of the molecule is CCC(C=Nn1c(-c2ccc3c(c2)NC(=O)CO3)csc1=NC1CCCCC1)CC. The number of ether oxygens (including phenoxy) is 1. The Morgan fingerprint density at radius 1 is 1.27 bits per heavy atom. The molecule has 0 spiro atoms. The van der Waals surface area contributed by atoms with Gasteiger partial charge in [0.1, 0.15) is 5.75 Å². The van der Waals surface area contributed by atoms with Gasteiger partial charge in [0.15, 0.2) is 6.61 Å². The molecule has 6 nitrogen and oxygen atoms in total. The fourth-order valence-corrected chi connectivity index (χ4v) is 4.88. The molecule has 1 saturated carbocycles. The van der Waals surface area contributed by atoms with Gasteiger partial charge < -0.3 is 10.1 Å². The van der Waals surface area contributed by atoms with Crippen molar-refractivity contribution in [1.29, 1.82) is 0 Å². The van der Waals surface area contributed by atoms with Gasteiger partial charge >= 0.3 is 0 Å². The second kappa shape index (κ2) is 9.60. The third kappa shape index (κ3) is 4.67. The lowest BCUT2D eigenvalue weighted by atomic mass is 9.96. The fourth-order valence-electron chi connectivity index (χ4n) is 3.97. The smallest absolute Gasteiger partial charge is 0.262 e. The van der Waals surface area contributed by atoms with Gasteiger partial charge in [-0.15, -0.1) is 11.3 Å². The van der Waals surface area contributed by atoms with Crippen molar-refractivity contribution >= 4 is 29.1 Å².